The van der Waals surface area contributed by atoms with Crippen molar-refractivity contribution in [3.05, 3.63) is 59.7 Å². The molecule has 2 aromatic carbocycles. The van der Waals surface area contributed by atoms with Gasteiger partial charge in [-0.05, 0) is 55.3 Å². The first kappa shape index (κ1) is 15.8. The number of benzene rings is 2. The fourth-order valence-electron chi connectivity index (χ4n) is 2.17. The van der Waals surface area contributed by atoms with Crippen LogP contribution in [0.1, 0.15) is 29.8 Å². The van der Waals surface area contributed by atoms with Crippen LogP contribution >= 0.6 is 0 Å². The van der Waals surface area contributed by atoms with E-state index in [1.807, 2.05) is 24.3 Å². The fourth-order valence-corrected chi connectivity index (χ4v) is 2.17. The van der Waals surface area contributed by atoms with Crippen molar-refractivity contribution < 1.29 is 14.3 Å². The van der Waals surface area contributed by atoms with Gasteiger partial charge >= 0.3 is 5.97 Å². The molecule has 0 spiro atoms. The minimum absolute atomic E-state index is 0.338. The number of aryl methyl sites for hydroxylation is 1. The number of nitrogens with zero attached hydrogens (tertiary/aromatic N) is 1. The molecule has 0 unspecified atom stereocenters. The molecule has 114 valence electrons. The fraction of sp³-hybridized carbons (Fsp3) is 0.222. The minimum atomic E-state index is -0.361. The maximum Gasteiger partial charge on any atom is 0.338 e. The van der Waals surface area contributed by atoms with Crippen molar-refractivity contribution >= 4 is 23.8 Å². The number of hydrogen-bond acceptors (Lipinski definition) is 3. The van der Waals surface area contributed by atoms with Gasteiger partial charge in [0.05, 0.1) is 12.2 Å². The molecule has 0 saturated carbocycles. The van der Waals surface area contributed by atoms with Gasteiger partial charge in [0.2, 0.25) is 6.41 Å². The van der Waals surface area contributed by atoms with Gasteiger partial charge in [-0.1, -0.05) is 19.1 Å². The van der Waals surface area contributed by atoms with Crippen molar-refractivity contribution in [2.45, 2.75) is 20.3 Å². The Hall–Kier alpha value is -2.62. The highest BCUT2D eigenvalue weighted by molar-refractivity contribution is 5.91. The Balaban J connectivity index is 2.27. The maximum atomic E-state index is 11.6. The largest absolute Gasteiger partial charge is 0.462 e. The van der Waals surface area contributed by atoms with Crippen molar-refractivity contribution in [2.24, 2.45) is 0 Å². The summed E-state index contributed by atoms with van der Waals surface area (Å²) in [5.41, 5.74) is 3.14. The smallest absolute Gasteiger partial charge is 0.338 e. The molecule has 0 heterocycles. The average Bonchev–Trinajstić information content (AvgIpc) is 2.56. The van der Waals surface area contributed by atoms with Crippen molar-refractivity contribution in [3.63, 3.8) is 0 Å². The molecule has 4 heteroatoms. The molecule has 22 heavy (non-hydrogen) atoms. The monoisotopic (exact) mass is 297 g/mol. The second kappa shape index (κ2) is 7.41. The lowest BCUT2D eigenvalue weighted by Gasteiger charge is -2.18. The van der Waals surface area contributed by atoms with E-state index >= 15 is 0 Å². The summed E-state index contributed by atoms with van der Waals surface area (Å²) >= 11 is 0. The van der Waals surface area contributed by atoms with E-state index < -0.39 is 0 Å². The molecule has 0 aliphatic heterocycles. The molecule has 0 aliphatic carbocycles. The third kappa shape index (κ3) is 3.52. The molecule has 2 aromatic rings. The number of rotatable bonds is 6. The molecule has 0 radical (unpaired) electrons. The summed E-state index contributed by atoms with van der Waals surface area (Å²) in [7, 11) is 0. The highest BCUT2D eigenvalue weighted by Gasteiger charge is 2.11. The quantitative estimate of drug-likeness (QED) is 0.603. The molecule has 0 bridgehead atoms. The standard InChI is InChI=1S/C18H19NO3/c1-3-14-6-5-7-17(12-14)19(13-20)16-10-8-15(9-11-16)18(21)22-4-2/h5-13H,3-4H2,1-2H3. The Morgan fingerprint density at radius 2 is 1.82 bits per heavy atom. The summed E-state index contributed by atoms with van der Waals surface area (Å²) in [4.78, 5) is 24.7. The van der Waals surface area contributed by atoms with E-state index in [-0.39, 0.29) is 5.97 Å². The van der Waals surface area contributed by atoms with E-state index in [1.165, 1.54) is 0 Å². The Labute approximate surface area is 130 Å². The Bertz CT molecular complexity index is 650. The van der Waals surface area contributed by atoms with Gasteiger partial charge in [-0.2, -0.15) is 0 Å². The number of amides is 1. The minimum Gasteiger partial charge on any atom is -0.462 e. The number of carbonyl (C=O) groups excluding carboxylic acids is 2. The van der Waals surface area contributed by atoms with Gasteiger partial charge in [-0.3, -0.25) is 9.69 Å². The van der Waals surface area contributed by atoms with Gasteiger partial charge in [0.1, 0.15) is 0 Å². The SMILES string of the molecule is CCOC(=O)c1ccc(N(C=O)c2cccc(CC)c2)cc1. The molecule has 1 amide bonds. The predicted octanol–water partition coefficient (Wildman–Crippen LogP) is 3.72. The lowest BCUT2D eigenvalue weighted by molar-refractivity contribution is -0.106. The molecular weight excluding hydrogens is 278 g/mol. The van der Waals surface area contributed by atoms with E-state index in [4.69, 9.17) is 4.74 Å². The molecule has 0 atom stereocenters. The number of ether oxygens (including phenoxy) is 1. The van der Waals surface area contributed by atoms with Gasteiger partial charge in [0, 0.05) is 11.4 Å². The Kier molecular flexibility index (Phi) is 5.31. The zero-order valence-electron chi connectivity index (χ0n) is 12.8. The zero-order chi connectivity index (χ0) is 15.9. The third-order valence-electron chi connectivity index (χ3n) is 3.36. The van der Waals surface area contributed by atoms with Crippen LogP contribution in [0.3, 0.4) is 0 Å². The number of hydrogen-bond donors (Lipinski definition) is 0. The molecule has 2 rings (SSSR count). The van der Waals surface area contributed by atoms with Crippen molar-refractivity contribution in [3.8, 4) is 0 Å². The van der Waals surface area contributed by atoms with Crippen molar-refractivity contribution in [1.29, 1.82) is 0 Å². The molecule has 0 N–H and O–H groups in total. The normalized spacial score (nSPS) is 10.1. The van der Waals surface area contributed by atoms with Gasteiger partial charge in [-0.15, -0.1) is 0 Å². The topological polar surface area (TPSA) is 46.6 Å². The van der Waals surface area contributed by atoms with Crippen LogP contribution in [0.25, 0.3) is 0 Å². The van der Waals surface area contributed by atoms with Crippen LogP contribution in [-0.2, 0) is 16.0 Å². The van der Waals surface area contributed by atoms with Crippen LogP contribution in [0.5, 0.6) is 0 Å². The Morgan fingerprint density at radius 3 is 2.41 bits per heavy atom. The first-order valence-corrected chi connectivity index (χ1v) is 7.30. The molecule has 0 aliphatic rings. The van der Waals surface area contributed by atoms with Gasteiger partial charge in [0.15, 0.2) is 0 Å². The Morgan fingerprint density at radius 1 is 1.09 bits per heavy atom. The maximum absolute atomic E-state index is 11.6. The van der Waals surface area contributed by atoms with Gasteiger partial charge in [0.25, 0.3) is 0 Å². The van der Waals surface area contributed by atoms with E-state index in [0.717, 1.165) is 24.1 Å². The number of carbonyl (C=O) groups is 2. The third-order valence-corrected chi connectivity index (χ3v) is 3.36. The summed E-state index contributed by atoms with van der Waals surface area (Å²) in [5.74, 6) is -0.361. The molecule has 0 fully saturated rings. The summed E-state index contributed by atoms with van der Waals surface area (Å²) in [6.07, 6.45) is 1.68. The van der Waals surface area contributed by atoms with E-state index in [1.54, 1.807) is 36.1 Å². The van der Waals surface area contributed by atoms with Crippen LogP contribution in [0.4, 0.5) is 11.4 Å². The average molecular weight is 297 g/mol. The number of anilines is 2. The molecular formula is C18H19NO3. The predicted molar refractivity (Wildman–Crippen MR) is 86.4 cm³/mol. The van der Waals surface area contributed by atoms with Crippen LogP contribution in [-0.4, -0.2) is 19.0 Å². The summed E-state index contributed by atoms with van der Waals surface area (Å²) in [6.45, 7) is 4.17. The van der Waals surface area contributed by atoms with Gasteiger partial charge < -0.3 is 4.74 Å². The van der Waals surface area contributed by atoms with Crippen molar-refractivity contribution in [1.82, 2.24) is 0 Å². The van der Waals surface area contributed by atoms with E-state index in [9.17, 15) is 9.59 Å². The molecule has 0 aromatic heterocycles. The van der Waals surface area contributed by atoms with Crippen LogP contribution in [0.2, 0.25) is 0 Å². The summed E-state index contributed by atoms with van der Waals surface area (Å²) < 4.78 is 4.95. The van der Waals surface area contributed by atoms with E-state index in [2.05, 4.69) is 6.92 Å². The van der Waals surface area contributed by atoms with Crippen LogP contribution < -0.4 is 4.90 Å². The lowest BCUT2D eigenvalue weighted by Crippen LogP contribution is -2.14. The first-order valence-electron chi connectivity index (χ1n) is 7.30. The van der Waals surface area contributed by atoms with Crippen LogP contribution in [0, 0.1) is 0 Å². The van der Waals surface area contributed by atoms with Gasteiger partial charge in [-0.25, -0.2) is 4.79 Å². The first-order chi connectivity index (χ1) is 10.7. The zero-order valence-corrected chi connectivity index (χ0v) is 12.8. The summed E-state index contributed by atoms with van der Waals surface area (Å²) in [5, 5.41) is 0. The molecule has 4 nitrogen and oxygen atoms in total. The van der Waals surface area contributed by atoms with E-state index in [0.29, 0.717) is 17.9 Å². The number of esters is 1. The molecule has 0 saturated heterocycles. The lowest BCUT2D eigenvalue weighted by atomic mass is 10.1. The summed E-state index contributed by atoms with van der Waals surface area (Å²) in [6, 6.07) is 14.6. The highest BCUT2D eigenvalue weighted by Crippen LogP contribution is 2.25. The highest BCUT2D eigenvalue weighted by atomic mass is 16.5. The van der Waals surface area contributed by atoms with Crippen molar-refractivity contribution in [2.75, 3.05) is 11.5 Å². The van der Waals surface area contributed by atoms with Crippen LogP contribution in [0.15, 0.2) is 48.5 Å². The second-order valence-corrected chi connectivity index (χ2v) is 4.77. The second-order valence-electron chi connectivity index (χ2n) is 4.77.